The van der Waals surface area contributed by atoms with Gasteiger partial charge in [0.05, 0.1) is 0 Å². The summed E-state index contributed by atoms with van der Waals surface area (Å²) in [6.07, 6.45) is 2.98. The van der Waals surface area contributed by atoms with Crippen LogP contribution >= 0.6 is 47.0 Å². The second-order valence-corrected chi connectivity index (χ2v) is 8.83. The SMILES string of the molecule is C(CSC1CC1)SCC1CSCCS1. The minimum Gasteiger partial charge on any atom is -0.160 e. The van der Waals surface area contributed by atoms with Crippen molar-refractivity contribution in [3.05, 3.63) is 0 Å². The van der Waals surface area contributed by atoms with Crippen LogP contribution in [0.4, 0.5) is 0 Å². The summed E-state index contributed by atoms with van der Waals surface area (Å²) >= 11 is 8.70. The molecule has 1 aliphatic heterocycles. The van der Waals surface area contributed by atoms with Gasteiger partial charge in [-0.25, -0.2) is 0 Å². The molecule has 1 atom stereocenters. The summed E-state index contributed by atoms with van der Waals surface area (Å²) in [7, 11) is 0. The third-order valence-corrected chi connectivity index (χ3v) is 8.12. The zero-order valence-electron chi connectivity index (χ0n) is 8.44. The molecule has 1 unspecified atom stereocenters. The van der Waals surface area contributed by atoms with Crippen molar-refractivity contribution in [2.75, 3.05) is 34.5 Å². The molecule has 2 rings (SSSR count). The average Bonchev–Trinajstić information content (AvgIpc) is 3.03. The molecule has 0 N–H and O–H groups in total. The average molecular weight is 267 g/mol. The molecule has 82 valence electrons. The molecule has 0 spiro atoms. The lowest BCUT2D eigenvalue weighted by Crippen LogP contribution is -2.16. The van der Waals surface area contributed by atoms with Gasteiger partial charge < -0.3 is 0 Å². The molecule has 0 nitrogen and oxygen atoms in total. The van der Waals surface area contributed by atoms with E-state index in [0.29, 0.717) is 0 Å². The molecule has 0 aromatic carbocycles. The summed E-state index contributed by atoms with van der Waals surface area (Å²) in [5.41, 5.74) is 0. The van der Waals surface area contributed by atoms with Crippen molar-refractivity contribution < 1.29 is 0 Å². The molecule has 0 radical (unpaired) electrons. The molecule has 2 fully saturated rings. The van der Waals surface area contributed by atoms with Crippen LogP contribution in [0.3, 0.4) is 0 Å². The molecular weight excluding hydrogens is 248 g/mol. The zero-order valence-corrected chi connectivity index (χ0v) is 11.7. The van der Waals surface area contributed by atoms with Crippen molar-refractivity contribution >= 4 is 47.0 Å². The molecule has 0 amide bonds. The van der Waals surface area contributed by atoms with Gasteiger partial charge in [0.25, 0.3) is 0 Å². The van der Waals surface area contributed by atoms with E-state index in [0.717, 1.165) is 10.5 Å². The van der Waals surface area contributed by atoms with Crippen molar-refractivity contribution in [3.63, 3.8) is 0 Å². The van der Waals surface area contributed by atoms with Gasteiger partial charge in [0.15, 0.2) is 0 Å². The topological polar surface area (TPSA) is 0 Å². The second kappa shape index (κ2) is 6.87. The molecule has 0 aromatic heterocycles. The van der Waals surface area contributed by atoms with Crippen LogP contribution < -0.4 is 0 Å². The predicted molar refractivity (Wildman–Crippen MR) is 76.4 cm³/mol. The molecule has 1 aliphatic carbocycles. The highest BCUT2D eigenvalue weighted by Gasteiger charge is 2.21. The van der Waals surface area contributed by atoms with Gasteiger partial charge in [-0.3, -0.25) is 0 Å². The van der Waals surface area contributed by atoms with Crippen molar-refractivity contribution in [2.45, 2.75) is 23.3 Å². The Bertz CT molecular complexity index is 152. The Morgan fingerprint density at radius 2 is 2.07 bits per heavy atom. The van der Waals surface area contributed by atoms with E-state index in [2.05, 4.69) is 47.0 Å². The normalized spacial score (nSPS) is 27.9. The first kappa shape index (κ1) is 11.9. The molecule has 1 saturated carbocycles. The number of thioether (sulfide) groups is 4. The third-order valence-electron chi connectivity index (χ3n) is 2.29. The minimum absolute atomic E-state index is 0.949. The van der Waals surface area contributed by atoms with Gasteiger partial charge in [0, 0.05) is 45.0 Å². The van der Waals surface area contributed by atoms with E-state index in [1.165, 1.54) is 47.4 Å². The van der Waals surface area contributed by atoms with E-state index in [1.54, 1.807) is 0 Å². The molecule has 2 aliphatic rings. The maximum Gasteiger partial charge on any atom is 0.0229 e. The molecular formula is C10H18S4. The lowest BCUT2D eigenvalue weighted by atomic mass is 10.5. The van der Waals surface area contributed by atoms with Crippen molar-refractivity contribution in [3.8, 4) is 0 Å². The molecule has 4 heteroatoms. The van der Waals surface area contributed by atoms with Crippen LogP contribution in [0.1, 0.15) is 12.8 Å². The second-order valence-electron chi connectivity index (χ2n) is 3.71. The Kier molecular flexibility index (Phi) is 5.83. The van der Waals surface area contributed by atoms with Gasteiger partial charge in [-0.2, -0.15) is 47.0 Å². The largest absolute Gasteiger partial charge is 0.160 e. The first-order valence-corrected chi connectivity index (χ1v) is 9.74. The summed E-state index contributed by atoms with van der Waals surface area (Å²) < 4.78 is 0. The fourth-order valence-electron chi connectivity index (χ4n) is 1.36. The van der Waals surface area contributed by atoms with Crippen LogP contribution in [0, 0.1) is 0 Å². The smallest absolute Gasteiger partial charge is 0.0229 e. The molecule has 1 heterocycles. The van der Waals surface area contributed by atoms with Gasteiger partial charge in [0.2, 0.25) is 0 Å². The fourth-order valence-corrected chi connectivity index (χ4v) is 6.80. The molecule has 0 aromatic rings. The molecule has 1 saturated heterocycles. The predicted octanol–water partition coefficient (Wildman–Crippen LogP) is 3.46. The van der Waals surface area contributed by atoms with E-state index in [1.807, 2.05) is 0 Å². The van der Waals surface area contributed by atoms with Crippen LogP contribution in [0.25, 0.3) is 0 Å². The van der Waals surface area contributed by atoms with Crippen molar-refractivity contribution in [2.24, 2.45) is 0 Å². The Balaban J connectivity index is 1.41. The van der Waals surface area contributed by atoms with Crippen molar-refractivity contribution in [1.82, 2.24) is 0 Å². The Morgan fingerprint density at radius 3 is 2.79 bits per heavy atom. The van der Waals surface area contributed by atoms with Gasteiger partial charge in [0.1, 0.15) is 0 Å². The van der Waals surface area contributed by atoms with E-state index >= 15 is 0 Å². The van der Waals surface area contributed by atoms with E-state index in [-0.39, 0.29) is 0 Å². The summed E-state index contributed by atoms with van der Waals surface area (Å²) in [6.45, 7) is 0. The number of rotatable bonds is 6. The van der Waals surface area contributed by atoms with E-state index in [9.17, 15) is 0 Å². The highest BCUT2D eigenvalue weighted by atomic mass is 32.2. The maximum atomic E-state index is 2.20. The van der Waals surface area contributed by atoms with E-state index in [4.69, 9.17) is 0 Å². The van der Waals surface area contributed by atoms with Crippen LogP contribution in [0.15, 0.2) is 0 Å². The zero-order chi connectivity index (χ0) is 9.64. The van der Waals surface area contributed by atoms with Crippen LogP contribution in [-0.2, 0) is 0 Å². The van der Waals surface area contributed by atoms with Crippen LogP contribution in [0.2, 0.25) is 0 Å². The third kappa shape index (κ3) is 4.95. The Labute approximate surface area is 105 Å². The first-order chi connectivity index (χ1) is 6.95. The highest BCUT2D eigenvalue weighted by Crippen LogP contribution is 2.34. The van der Waals surface area contributed by atoms with Crippen LogP contribution in [0.5, 0.6) is 0 Å². The van der Waals surface area contributed by atoms with Gasteiger partial charge in [-0.1, -0.05) is 0 Å². The van der Waals surface area contributed by atoms with Gasteiger partial charge in [-0.15, -0.1) is 0 Å². The maximum absolute atomic E-state index is 2.20. The quantitative estimate of drug-likeness (QED) is 0.675. The summed E-state index contributed by atoms with van der Waals surface area (Å²) in [6, 6.07) is 0. The lowest BCUT2D eigenvalue weighted by Gasteiger charge is -2.20. The number of hydrogen-bond donors (Lipinski definition) is 0. The lowest BCUT2D eigenvalue weighted by molar-refractivity contribution is 1.13. The number of hydrogen-bond acceptors (Lipinski definition) is 4. The summed E-state index contributed by atoms with van der Waals surface area (Å²) in [4.78, 5) is 0. The highest BCUT2D eigenvalue weighted by molar-refractivity contribution is 8.08. The van der Waals surface area contributed by atoms with Crippen LogP contribution in [-0.4, -0.2) is 45.0 Å². The van der Waals surface area contributed by atoms with Crippen molar-refractivity contribution in [1.29, 1.82) is 0 Å². The molecule has 14 heavy (non-hydrogen) atoms. The Hall–Kier alpha value is 1.40. The minimum atomic E-state index is 0.949. The first-order valence-electron chi connectivity index (χ1n) is 5.34. The Morgan fingerprint density at radius 1 is 1.14 bits per heavy atom. The fraction of sp³-hybridized carbons (Fsp3) is 1.00. The van der Waals surface area contributed by atoms with E-state index < -0.39 is 0 Å². The monoisotopic (exact) mass is 266 g/mol. The summed E-state index contributed by atoms with van der Waals surface area (Å²) in [5.74, 6) is 8.31. The standard InChI is InChI=1S/C10H18S4/c1-2-9(1)13-5-3-11-7-10-8-12-4-6-14-10/h9-10H,1-8H2. The summed E-state index contributed by atoms with van der Waals surface area (Å²) in [5, 5.41) is 2.00. The van der Waals surface area contributed by atoms with Gasteiger partial charge >= 0.3 is 0 Å². The van der Waals surface area contributed by atoms with Gasteiger partial charge in [-0.05, 0) is 12.8 Å². The molecule has 0 bridgehead atoms.